The molecule has 0 bridgehead atoms. The molecule has 0 fully saturated rings. The topological polar surface area (TPSA) is 41.6 Å². The molecule has 4 nitrogen and oxygen atoms in total. The minimum Gasteiger partial charge on any atom is -0.469 e. The van der Waals surface area contributed by atoms with Crippen molar-refractivity contribution in [2.75, 3.05) is 0 Å². The van der Waals surface area contributed by atoms with Gasteiger partial charge in [0.15, 0.2) is 0 Å². The van der Waals surface area contributed by atoms with E-state index in [4.69, 9.17) is 16.3 Å². The highest BCUT2D eigenvalue weighted by Gasteiger charge is 2.24. The molecule has 2 aliphatic heterocycles. The largest absolute Gasteiger partial charge is 0.469 e. The number of hydrazine groups is 1. The zero-order chi connectivity index (χ0) is 8.55. The smallest absolute Gasteiger partial charge is 0.256 e. The first-order valence-electron chi connectivity index (χ1n) is 3.27. The molecule has 0 aromatic carbocycles. The molecule has 2 aliphatic rings. The zero-order valence-electron chi connectivity index (χ0n) is 5.95. The number of carbonyl (C=O) groups is 1. The van der Waals surface area contributed by atoms with Gasteiger partial charge in [-0.2, -0.15) is 0 Å². The molecule has 2 rings (SSSR count). The number of carbonyl (C=O) groups excluding carboxylic acids is 1. The fraction of sp³-hybridized carbons (Fsp3) is 0. The van der Waals surface area contributed by atoms with E-state index in [0.717, 1.165) is 0 Å². The Labute approximate surface area is 73.7 Å². The highest BCUT2D eigenvalue weighted by Crippen LogP contribution is 2.23. The third kappa shape index (κ3) is 0.967. The molecule has 0 saturated carbocycles. The van der Waals surface area contributed by atoms with Crippen LogP contribution >= 0.6 is 11.6 Å². The quantitative estimate of drug-likeness (QED) is 0.612. The van der Waals surface area contributed by atoms with E-state index in [2.05, 4.69) is 5.43 Å². The van der Waals surface area contributed by atoms with Gasteiger partial charge in [-0.1, -0.05) is 0 Å². The molecular formula is C7H5ClN2O2. The van der Waals surface area contributed by atoms with Crippen LogP contribution in [0.4, 0.5) is 0 Å². The summed E-state index contributed by atoms with van der Waals surface area (Å²) >= 11 is 5.31. The van der Waals surface area contributed by atoms with Crippen molar-refractivity contribution in [3.05, 3.63) is 36.2 Å². The summed E-state index contributed by atoms with van der Waals surface area (Å²) in [5.74, 6) is 0. The van der Waals surface area contributed by atoms with Gasteiger partial charge in [0.05, 0.1) is 11.8 Å². The molecule has 0 saturated heterocycles. The van der Waals surface area contributed by atoms with Crippen LogP contribution in [-0.4, -0.2) is 10.3 Å². The van der Waals surface area contributed by atoms with Crippen molar-refractivity contribution in [3.63, 3.8) is 0 Å². The van der Waals surface area contributed by atoms with Crippen LogP contribution in [0.3, 0.4) is 0 Å². The van der Waals surface area contributed by atoms with E-state index >= 15 is 0 Å². The lowest BCUT2D eigenvalue weighted by atomic mass is 10.2. The first-order valence-corrected chi connectivity index (χ1v) is 3.65. The first-order chi connectivity index (χ1) is 5.79. The molecule has 0 aliphatic carbocycles. The van der Waals surface area contributed by atoms with Crippen LogP contribution in [0.5, 0.6) is 0 Å². The predicted octanol–water partition coefficient (Wildman–Crippen LogP) is 0.799. The minimum absolute atomic E-state index is 0.404. The Bertz CT molecular complexity index is 319. The lowest BCUT2D eigenvalue weighted by Gasteiger charge is -2.18. The molecule has 0 aromatic heterocycles. The first kappa shape index (κ1) is 7.24. The Balaban J connectivity index is 2.31. The van der Waals surface area contributed by atoms with Gasteiger partial charge in [-0.05, 0) is 11.6 Å². The van der Waals surface area contributed by atoms with E-state index in [1.54, 1.807) is 11.2 Å². The lowest BCUT2D eigenvalue weighted by Crippen LogP contribution is -2.24. The van der Waals surface area contributed by atoms with Crippen LogP contribution in [0.1, 0.15) is 0 Å². The molecule has 0 atom stereocenters. The fourth-order valence-corrected chi connectivity index (χ4v) is 1.16. The molecule has 5 heteroatoms. The number of rotatable bonds is 1. The van der Waals surface area contributed by atoms with Crippen LogP contribution in [0.15, 0.2) is 36.2 Å². The van der Waals surface area contributed by atoms with Crippen molar-refractivity contribution in [1.29, 1.82) is 0 Å². The second-order valence-corrected chi connectivity index (χ2v) is 2.60. The number of hydrogen-bond donors (Lipinski definition) is 1. The fourth-order valence-electron chi connectivity index (χ4n) is 1.01. The van der Waals surface area contributed by atoms with Gasteiger partial charge >= 0.3 is 0 Å². The van der Waals surface area contributed by atoms with Crippen molar-refractivity contribution >= 4 is 16.8 Å². The number of ether oxygens (including phenoxy) is 1. The second kappa shape index (κ2) is 2.57. The van der Waals surface area contributed by atoms with Crippen molar-refractivity contribution in [1.82, 2.24) is 10.4 Å². The Morgan fingerprint density at radius 3 is 3.25 bits per heavy atom. The Kier molecular flexibility index (Phi) is 1.55. The molecule has 0 spiro atoms. The van der Waals surface area contributed by atoms with Crippen molar-refractivity contribution in [3.8, 4) is 0 Å². The van der Waals surface area contributed by atoms with Gasteiger partial charge in [0, 0.05) is 6.20 Å². The van der Waals surface area contributed by atoms with Gasteiger partial charge in [-0.3, -0.25) is 9.80 Å². The number of nitrogens with zero attached hydrogens (tertiary/aromatic N) is 1. The predicted molar refractivity (Wildman–Crippen MR) is 42.2 cm³/mol. The van der Waals surface area contributed by atoms with Crippen molar-refractivity contribution in [2.24, 2.45) is 0 Å². The van der Waals surface area contributed by atoms with E-state index < -0.39 is 5.24 Å². The average Bonchev–Trinajstić information content (AvgIpc) is 2.47. The summed E-state index contributed by atoms with van der Waals surface area (Å²) in [7, 11) is 0. The maximum Gasteiger partial charge on any atom is 0.256 e. The molecule has 0 aromatic rings. The minimum atomic E-state index is -0.504. The van der Waals surface area contributed by atoms with Crippen LogP contribution in [0, 0.1) is 0 Å². The summed E-state index contributed by atoms with van der Waals surface area (Å²) < 4.78 is 4.89. The summed E-state index contributed by atoms with van der Waals surface area (Å²) in [6, 6.07) is 0. The molecule has 0 unspecified atom stereocenters. The SMILES string of the molecule is O=C(Cl)C1=CNN2C=COC=C12. The van der Waals surface area contributed by atoms with Gasteiger partial charge in [0.2, 0.25) is 0 Å². The molecular weight excluding hydrogens is 180 g/mol. The van der Waals surface area contributed by atoms with Crippen molar-refractivity contribution in [2.45, 2.75) is 0 Å². The normalized spacial score (nSPS) is 18.9. The number of halogens is 1. The maximum absolute atomic E-state index is 10.8. The maximum atomic E-state index is 10.8. The summed E-state index contributed by atoms with van der Waals surface area (Å²) in [6.07, 6.45) is 6.12. The van der Waals surface area contributed by atoms with Gasteiger partial charge in [-0.25, -0.2) is 0 Å². The molecule has 2 heterocycles. The highest BCUT2D eigenvalue weighted by molar-refractivity contribution is 6.68. The van der Waals surface area contributed by atoms with E-state index in [1.807, 2.05) is 0 Å². The van der Waals surface area contributed by atoms with Gasteiger partial charge in [0.1, 0.15) is 18.2 Å². The standard InChI is InChI=1S/C7H5ClN2O2/c8-7(11)5-3-9-10-1-2-12-4-6(5)10/h1-4,9H. The van der Waals surface area contributed by atoms with E-state index in [1.165, 1.54) is 18.7 Å². The average molecular weight is 185 g/mol. The van der Waals surface area contributed by atoms with Gasteiger partial charge < -0.3 is 10.2 Å². The highest BCUT2D eigenvalue weighted by atomic mass is 35.5. The number of hydrogen-bond acceptors (Lipinski definition) is 4. The molecule has 1 N–H and O–H groups in total. The van der Waals surface area contributed by atoms with Crippen LogP contribution < -0.4 is 5.43 Å². The van der Waals surface area contributed by atoms with Crippen LogP contribution in [0.25, 0.3) is 0 Å². The van der Waals surface area contributed by atoms with E-state index in [9.17, 15) is 4.79 Å². The Morgan fingerprint density at radius 1 is 1.67 bits per heavy atom. The number of nitrogens with one attached hydrogen (secondary N) is 1. The molecule has 0 radical (unpaired) electrons. The third-order valence-corrected chi connectivity index (χ3v) is 1.77. The van der Waals surface area contributed by atoms with Gasteiger partial charge in [-0.15, -0.1) is 0 Å². The van der Waals surface area contributed by atoms with E-state index in [-0.39, 0.29) is 0 Å². The Hall–Kier alpha value is -1.42. The third-order valence-electron chi connectivity index (χ3n) is 1.56. The molecule has 0 amide bonds. The Morgan fingerprint density at radius 2 is 2.50 bits per heavy atom. The summed E-state index contributed by atoms with van der Waals surface area (Å²) in [4.78, 5) is 10.8. The second-order valence-electron chi connectivity index (χ2n) is 2.26. The van der Waals surface area contributed by atoms with Gasteiger partial charge in [0.25, 0.3) is 5.24 Å². The lowest BCUT2D eigenvalue weighted by molar-refractivity contribution is -0.108. The molecule has 62 valence electrons. The zero-order valence-corrected chi connectivity index (χ0v) is 6.71. The number of allylic oxidation sites excluding steroid dienone is 1. The summed E-state index contributed by atoms with van der Waals surface area (Å²) in [6.45, 7) is 0. The van der Waals surface area contributed by atoms with E-state index in [0.29, 0.717) is 11.3 Å². The monoisotopic (exact) mass is 184 g/mol. The summed E-state index contributed by atoms with van der Waals surface area (Å²) in [5.41, 5.74) is 3.85. The summed E-state index contributed by atoms with van der Waals surface area (Å²) in [5, 5.41) is 1.13. The number of fused-ring (bicyclic) bond motifs is 1. The van der Waals surface area contributed by atoms with Crippen molar-refractivity contribution < 1.29 is 9.53 Å². The van der Waals surface area contributed by atoms with Crippen LogP contribution in [0.2, 0.25) is 0 Å². The molecule has 12 heavy (non-hydrogen) atoms. The van der Waals surface area contributed by atoms with Crippen LogP contribution in [-0.2, 0) is 9.53 Å².